The molecule has 0 amide bonds. The molecule has 0 fully saturated rings. The van der Waals surface area contributed by atoms with Crippen LogP contribution < -0.4 is 16.2 Å². The second-order valence-corrected chi connectivity index (χ2v) is 6.20. The Bertz CT molecular complexity index is 727. The Kier molecular flexibility index (Phi) is 9.73. The number of rotatable bonds is 4. The number of allylic oxidation sites excluding steroid dienone is 2. The number of nitrogens with one attached hydrogen (secondary N) is 1. The minimum atomic E-state index is -3.98. The lowest BCUT2D eigenvalue weighted by atomic mass is 10.1. The van der Waals surface area contributed by atoms with E-state index in [0.29, 0.717) is 0 Å². The van der Waals surface area contributed by atoms with Gasteiger partial charge in [0, 0.05) is 6.04 Å². The van der Waals surface area contributed by atoms with Crippen molar-refractivity contribution >= 4 is 21.7 Å². The molecule has 1 aliphatic rings. The van der Waals surface area contributed by atoms with Crippen molar-refractivity contribution in [1.29, 1.82) is 0 Å². The van der Waals surface area contributed by atoms with Crippen LogP contribution in [0.15, 0.2) is 47.4 Å². The molecule has 0 saturated carbocycles. The predicted octanol–water partition coefficient (Wildman–Crippen LogP) is 2.29. The first-order valence-electron chi connectivity index (χ1n) is 8.07. The number of carboxylic acid groups (broad SMARTS) is 1. The zero-order valence-electron chi connectivity index (χ0n) is 14.9. The molecule has 2 unspecified atom stereocenters. The zero-order valence-corrected chi connectivity index (χ0v) is 15.7. The van der Waals surface area contributed by atoms with Crippen molar-refractivity contribution in [3.05, 3.63) is 53.0 Å². The lowest BCUT2D eigenvalue weighted by molar-refractivity contribution is 0.0698. The van der Waals surface area contributed by atoms with Gasteiger partial charge in [0.05, 0.1) is 22.2 Å². The minimum Gasteiger partial charge on any atom is -0.478 e. The Balaban J connectivity index is 0.00000134. The fraction of sp³-hybridized carbons (Fsp3) is 0.353. The maximum absolute atomic E-state index is 12.3. The number of anilines is 1. The Labute approximate surface area is 149 Å². The number of aromatic carboxylic acids is 1. The number of benzene rings is 1. The molecule has 0 heterocycles. The van der Waals surface area contributed by atoms with E-state index < -0.39 is 28.1 Å². The van der Waals surface area contributed by atoms with E-state index in [9.17, 15) is 13.2 Å². The van der Waals surface area contributed by atoms with E-state index in [1.807, 2.05) is 27.7 Å². The van der Waals surface area contributed by atoms with Crippen LogP contribution >= 0.6 is 0 Å². The van der Waals surface area contributed by atoms with Crippen LogP contribution in [0.2, 0.25) is 0 Å². The molecule has 0 saturated heterocycles. The van der Waals surface area contributed by atoms with Gasteiger partial charge in [-0.15, -0.1) is 0 Å². The smallest absolute Gasteiger partial charge is 0.337 e. The molecule has 2 rings (SSSR count). The van der Waals surface area contributed by atoms with Crippen LogP contribution in [0.25, 0.3) is 0 Å². The number of carboxylic acids is 1. The summed E-state index contributed by atoms with van der Waals surface area (Å²) >= 11 is 0. The second-order valence-electron chi connectivity index (χ2n) is 4.51. The Morgan fingerprint density at radius 2 is 1.68 bits per heavy atom. The number of carbonyl (C=O) groups is 1. The lowest BCUT2D eigenvalue weighted by Gasteiger charge is -2.23. The standard InChI is InChI=1S/C13H15N3O4S.2C2H6/c14-9-5-3-7-11(12(9)15)21(19,20)16-10-6-2-1-4-8(10)13(17)18;2*1-2/h1-7,9,12,16H,14-15H2,(H,17,18);2*1-2H3. The van der Waals surface area contributed by atoms with Crippen LogP contribution in [0, 0.1) is 0 Å². The quantitative estimate of drug-likeness (QED) is 0.643. The third kappa shape index (κ3) is 6.00. The highest BCUT2D eigenvalue weighted by Crippen LogP contribution is 2.22. The van der Waals surface area contributed by atoms with Crippen molar-refractivity contribution in [3.8, 4) is 0 Å². The highest BCUT2D eigenvalue weighted by Gasteiger charge is 2.29. The topological polar surface area (TPSA) is 136 Å². The molecular weight excluding hydrogens is 342 g/mol. The van der Waals surface area contributed by atoms with E-state index in [1.54, 1.807) is 6.08 Å². The van der Waals surface area contributed by atoms with Crippen molar-refractivity contribution in [2.75, 3.05) is 4.72 Å². The molecular formula is C17H27N3O4S. The third-order valence-corrected chi connectivity index (χ3v) is 4.57. The van der Waals surface area contributed by atoms with Gasteiger partial charge in [-0.1, -0.05) is 52.0 Å². The van der Waals surface area contributed by atoms with Gasteiger partial charge in [-0.2, -0.15) is 0 Å². The second kappa shape index (κ2) is 10.7. The van der Waals surface area contributed by atoms with Crippen molar-refractivity contribution in [1.82, 2.24) is 0 Å². The van der Waals surface area contributed by atoms with E-state index in [1.165, 1.54) is 36.4 Å². The predicted molar refractivity (Wildman–Crippen MR) is 102 cm³/mol. The number of hydrogen-bond acceptors (Lipinski definition) is 5. The van der Waals surface area contributed by atoms with Gasteiger partial charge >= 0.3 is 5.97 Å². The summed E-state index contributed by atoms with van der Waals surface area (Å²) in [6.07, 6.45) is 4.44. The average molecular weight is 369 g/mol. The molecule has 1 aromatic carbocycles. The van der Waals surface area contributed by atoms with Crippen molar-refractivity contribution in [2.45, 2.75) is 39.8 Å². The van der Waals surface area contributed by atoms with Crippen molar-refractivity contribution in [2.24, 2.45) is 11.5 Å². The Hall–Kier alpha value is -2.16. The highest BCUT2D eigenvalue weighted by atomic mass is 32.2. The molecule has 0 spiro atoms. The van der Waals surface area contributed by atoms with Gasteiger partial charge in [0.15, 0.2) is 0 Å². The number of hydrogen-bond donors (Lipinski definition) is 4. The zero-order chi connectivity index (χ0) is 19.6. The lowest BCUT2D eigenvalue weighted by Crippen LogP contribution is -2.45. The molecule has 2 atom stereocenters. The first-order valence-corrected chi connectivity index (χ1v) is 9.56. The van der Waals surface area contributed by atoms with Crippen LogP contribution in [-0.2, 0) is 10.0 Å². The molecule has 1 aliphatic carbocycles. The molecule has 0 bridgehead atoms. The van der Waals surface area contributed by atoms with Crippen LogP contribution in [0.4, 0.5) is 5.69 Å². The van der Waals surface area contributed by atoms with Crippen molar-refractivity contribution < 1.29 is 18.3 Å². The summed E-state index contributed by atoms with van der Waals surface area (Å²) in [6.45, 7) is 8.00. The molecule has 0 aromatic heterocycles. The summed E-state index contributed by atoms with van der Waals surface area (Å²) < 4.78 is 26.9. The fourth-order valence-electron chi connectivity index (χ4n) is 1.93. The van der Waals surface area contributed by atoms with Gasteiger partial charge in [0.2, 0.25) is 0 Å². The first-order chi connectivity index (χ1) is 11.8. The molecule has 0 radical (unpaired) electrons. The van der Waals surface area contributed by atoms with Crippen LogP contribution in [0.5, 0.6) is 0 Å². The SMILES string of the molecule is CC.CC.NC1C=CC=C(S(=O)(=O)Nc2ccccc2C(=O)O)C1N. The molecule has 140 valence electrons. The third-order valence-electron chi connectivity index (χ3n) is 3.05. The monoisotopic (exact) mass is 369 g/mol. The normalized spacial score (nSPS) is 18.7. The maximum Gasteiger partial charge on any atom is 0.337 e. The van der Waals surface area contributed by atoms with Gasteiger partial charge in [-0.25, -0.2) is 13.2 Å². The fourth-order valence-corrected chi connectivity index (χ4v) is 3.29. The van der Waals surface area contributed by atoms with Gasteiger partial charge < -0.3 is 16.6 Å². The Morgan fingerprint density at radius 1 is 1.12 bits per heavy atom. The maximum atomic E-state index is 12.3. The molecule has 8 heteroatoms. The summed E-state index contributed by atoms with van der Waals surface area (Å²) in [5.74, 6) is -1.23. The summed E-state index contributed by atoms with van der Waals surface area (Å²) in [5, 5.41) is 9.06. The minimum absolute atomic E-state index is 0.0266. The van der Waals surface area contributed by atoms with Crippen LogP contribution in [0.3, 0.4) is 0 Å². The number of nitrogens with two attached hydrogens (primary N) is 2. The van der Waals surface area contributed by atoms with E-state index in [-0.39, 0.29) is 16.2 Å². The summed E-state index contributed by atoms with van der Waals surface area (Å²) in [7, 11) is -3.98. The van der Waals surface area contributed by atoms with E-state index >= 15 is 0 Å². The molecule has 25 heavy (non-hydrogen) atoms. The average Bonchev–Trinajstić information content (AvgIpc) is 2.60. The van der Waals surface area contributed by atoms with Gasteiger partial charge in [-0.05, 0) is 18.2 Å². The first kappa shape index (κ1) is 22.8. The van der Waals surface area contributed by atoms with Gasteiger partial charge in [-0.3, -0.25) is 4.72 Å². The van der Waals surface area contributed by atoms with E-state index in [2.05, 4.69) is 4.72 Å². The summed E-state index contributed by atoms with van der Waals surface area (Å²) in [4.78, 5) is 11.0. The van der Waals surface area contributed by atoms with Gasteiger partial charge in [0.25, 0.3) is 10.0 Å². The van der Waals surface area contributed by atoms with Crippen molar-refractivity contribution in [3.63, 3.8) is 0 Å². The van der Waals surface area contributed by atoms with E-state index in [0.717, 1.165) is 0 Å². The Morgan fingerprint density at radius 3 is 2.24 bits per heavy atom. The van der Waals surface area contributed by atoms with E-state index in [4.69, 9.17) is 16.6 Å². The summed E-state index contributed by atoms with van der Waals surface area (Å²) in [5.41, 5.74) is 11.3. The summed E-state index contributed by atoms with van der Waals surface area (Å²) in [6, 6.07) is 4.21. The number of para-hydroxylation sites is 1. The molecule has 1 aromatic rings. The molecule has 0 aliphatic heterocycles. The van der Waals surface area contributed by atoms with Crippen LogP contribution in [-0.4, -0.2) is 31.6 Å². The number of sulfonamides is 1. The highest BCUT2D eigenvalue weighted by molar-refractivity contribution is 7.96. The molecule has 7 nitrogen and oxygen atoms in total. The van der Waals surface area contributed by atoms with Crippen LogP contribution in [0.1, 0.15) is 38.1 Å². The largest absolute Gasteiger partial charge is 0.478 e. The van der Waals surface area contributed by atoms with Gasteiger partial charge in [0.1, 0.15) is 0 Å². The molecule has 6 N–H and O–H groups in total.